The second kappa shape index (κ2) is 4.78. The third kappa shape index (κ3) is 2.09. The number of hydrogen-bond donors (Lipinski definition) is 1. The number of nitrogens with zero attached hydrogens (tertiary/aromatic N) is 1. The molecule has 1 aromatic carbocycles. The summed E-state index contributed by atoms with van der Waals surface area (Å²) < 4.78 is 14.2. The Hall–Kier alpha value is -1.88. The minimum atomic E-state index is -1.15. The van der Waals surface area contributed by atoms with Gasteiger partial charge in [-0.05, 0) is 12.5 Å². The predicted molar refractivity (Wildman–Crippen MR) is 66.5 cm³/mol. The second-order valence-electron chi connectivity index (χ2n) is 3.82. The Labute approximate surface area is 107 Å². The number of hydrogen-bond acceptors (Lipinski definition) is 2. The van der Waals surface area contributed by atoms with E-state index >= 15 is 0 Å². The first-order valence-corrected chi connectivity index (χ1v) is 5.65. The van der Waals surface area contributed by atoms with Crippen LogP contribution in [-0.4, -0.2) is 9.55 Å². The molecule has 94 valence electrons. The van der Waals surface area contributed by atoms with Gasteiger partial charge in [0.2, 0.25) is 5.82 Å². The van der Waals surface area contributed by atoms with E-state index in [0.717, 1.165) is 10.1 Å². The van der Waals surface area contributed by atoms with E-state index in [-0.39, 0.29) is 0 Å². The lowest BCUT2D eigenvalue weighted by atomic mass is 10.1. The van der Waals surface area contributed by atoms with Crippen molar-refractivity contribution >= 4 is 11.6 Å². The van der Waals surface area contributed by atoms with Gasteiger partial charge in [-0.25, -0.2) is 4.79 Å². The van der Waals surface area contributed by atoms with Gasteiger partial charge in [0.05, 0.1) is 6.04 Å². The lowest BCUT2D eigenvalue weighted by molar-refractivity contribution is 0.515. The highest BCUT2D eigenvalue weighted by Gasteiger charge is 2.17. The minimum Gasteiger partial charge on any atom is -0.295 e. The summed E-state index contributed by atoms with van der Waals surface area (Å²) in [6.07, 6.45) is 0. The Kier molecular flexibility index (Phi) is 3.34. The van der Waals surface area contributed by atoms with Crippen molar-refractivity contribution in [1.29, 1.82) is 0 Å². The molecule has 0 aliphatic heterocycles. The predicted octanol–water partition coefficient (Wildman–Crippen LogP) is 1.94. The van der Waals surface area contributed by atoms with E-state index in [1.54, 1.807) is 31.2 Å². The molecule has 1 N–H and O–H groups in total. The van der Waals surface area contributed by atoms with Crippen molar-refractivity contribution in [3.63, 3.8) is 0 Å². The summed E-state index contributed by atoms with van der Waals surface area (Å²) in [4.78, 5) is 25.5. The number of aromatic amines is 1. The van der Waals surface area contributed by atoms with Crippen LogP contribution < -0.4 is 11.2 Å². The SMILES string of the molecule is CC(c1ccccc1)n1c(=O)[nH]c(Cl)c(F)c1=O. The van der Waals surface area contributed by atoms with E-state index < -0.39 is 28.3 Å². The molecule has 0 fully saturated rings. The van der Waals surface area contributed by atoms with Gasteiger partial charge in [0.25, 0.3) is 5.56 Å². The zero-order chi connectivity index (χ0) is 13.3. The van der Waals surface area contributed by atoms with Crippen LogP contribution in [0, 0.1) is 5.82 Å². The standard InChI is InChI=1S/C12H10ClFN2O2/c1-7(8-5-3-2-4-6-8)16-11(17)9(14)10(13)15-12(16)18/h2-7H,1H3,(H,15,18). The van der Waals surface area contributed by atoms with E-state index in [4.69, 9.17) is 11.6 Å². The fraction of sp³-hybridized carbons (Fsp3) is 0.167. The molecule has 0 amide bonds. The van der Waals surface area contributed by atoms with Crippen molar-refractivity contribution in [1.82, 2.24) is 9.55 Å². The van der Waals surface area contributed by atoms with Gasteiger partial charge in [-0.3, -0.25) is 14.3 Å². The van der Waals surface area contributed by atoms with Gasteiger partial charge in [-0.15, -0.1) is 0 Å². The Bertz CT molecular complexity index is 679. The zero-order valence-electron chi connectivity index (χ0n) is 9.48. The molecule has 1 atom stereocenters. The van der Waals surface area contributed by atoms with Crippen molar-refractivity contribution in [3.05, 3.63) is 67.7 Å². The Balaban J connectivity index is 2.63. The molecule has 1 aromatic heterocycles. The average Bonchev–Trinajstić information content (AvgIpc) is 2.37. The van der Waals surface area contributed by atoms with Crippen molar-refractivity contribution in [2.75, 3.05) is 0 Å². The number of aromatic nitrogens is 2. The molecule has 1 heterocycles. The largest absolute Gasteiger partial charge is 0.330 e. The fourth-order valence-electron chi connectivity index (χ4n) is 1.73. The van der Waals surface area contributed by atoms with Gasteiger partial charge in [0, 0.05) is 0 Å². The molecule has 18 heavy (non-hydrogen) atoms. The molecular weight excluding hydrogens is 259 g/mol. The van der Waals surface area contributed by atoms with Crippen LogP contribution in [0.25, 0.3) is 0 Å². The molecule has 0 saturated heterocycles. The average molecular weight is 269 g/mol. The number of nitrogens with one attached hydrogen (secondary N) is 1. The molecule has 0 bridgehead atoms. The van der Waals surface area contributed by atoms with Gasteiger partial charge < -0.3 is 0 Å². The summed E-state index contributed by atoms with van der Waals surface area (Å²) in [6.45, 7) is 1.64. The third-order valence-electron chi connectivity index (χ3n) is 2.70. The quantitative estimate of drug-likeness (QED) is 0.846. The van der Waals surface area contributed by atoms with Gasteiger partial charge in [0.15, 0.2) is 5.15 Å². The molecular formula is C12H10ClFN2O2. The summed E-state index contributed by atoms with van der Waals surface area (Å²) in [5.41, 5.74) is -1.03. The van der Waals surface area contributed by atoms with Crippen LogP contribution in [0.1, 0.15) is 18.5 Å². The van der Waals surface area contributed by atoms with Gasteiger partial charge >= 0.3 is 5.69 Å². The van der Waals surface area contributed by atoms with E-state index in [0.29, 0.717) is 0 Å². The highest BCUT2D eigenvalue weighted by atomic mass is 35.5. The molecule has 0 radical (unpaired) electrons. The topological polar surface area (TPSA) is 54.9 Å². The minimum absolute atomic E-state index is 0.568. The first kappa shape index (κ1) is 12.6. The van der Waals surface area contributed by atoms with Crippen LogP contribution in [0.3, 0.4) is 0 Å². The van der Waals surface area contributed by atoms with E-state index in [9.17, 15) is 14.0 Å². The highest BCUT2D eigenvalue weighted by Crippen LogP contribution is 2.14. The first-order chi connectivity index (χ1) is 8.52. The Morgan fingerprint density at radius 3 is 2.50 bits per heavy atom. The second-order valence-corrected chi connectivity index (χ2v) is 4.20. The maximum Gasteiger partial charge on any atom is 0.330 e. The lowest BCUT2D eigenvalue weighted by Crippen LogP contribution is -2.39. The van der Waals surface area contributed by atoms with E-state index in [1.807, 2.05) is 6.07 Å². The summed E-state index contributed by atoms with van der Waals surface area (Å²) in [7, 11) is 0. The molecule has 1 unspecified atom stereocenters. The molecule has 0 aliphatic rings. The smallest absolute Gasteiger partial charge is 0.295 e. The Morgan fingerprint density at radius 2 is 1.89 bits per heavy atom. The number of rotatable bonds is 2. The monoisotopic (exact) mass is 268 g/mol. The van der Waals surface area contributed by atoms with Crippen molar-refractivity contribution in [2.24, 2.45) is 0 Å². The van der Waals surface area contributed by atoms with Crippen LogP contribution >= 0.6 is 11.6 Å². The van der Waals surface area contributed by atoms with Crippen molar-refractivity contribution in [2.45, 2.75) is 13.0 Å². The third-order valence-corrected chi connectivity index (χ3v) is 2.96. The highest BCUT2D eigenvalue weighted by molar-refractivity contribution is 6.29. The van der Waals surface area contributed by atoms with Crippen LogP contribution in [0.15, 0.2) is 39.9 Å². The van der Waals surface area contributed by atoms with Crippen molar-refractivity contribution in [3.8, 4) is 0 Å². The first-order valence-electron chi connectivity index (χ1n) is 5.27. The number of H-pyrrole nitrogens is 1. The molecule has 4 nitrogen and oxygen atoms in total. The van der Waals surface area contributed by atoms with Crippen LogP contribution in [-0.2, 0) is 0 Å². The number of benzene rings is 1. The normalized spacial score (nSPS) is 12.4. The van der Waals surface area contributed by atoms with Crippen LogP contribution in [0.5, 0.6) is 0 Å². The molecule has 2 rings (SSSR count). The summed E-state index contributed by atoms with van der Waals surface area (Å²) >= 11 is 5.40. The molecule has 2 aromatic rings. The lowest BCUT2D eigenvalue weighted by Gasteiger charge is -2.14. The molecule has 0 spiro atoms. The van der Waals surface area contributed by atoms with Crippen LogP contribution in [0.4, 0.5) is 4.39 Å². The summed E-state index contributed by atoms with van der Waals surface area (Å²) in [6, 6.07) is 8.29. The molecule has 0 saturated carbocycles. The van der Waals surface area contributed by atoms with Gasteiger partial charge in [-0.2, -0.15) is 4.39 Å². The van der Waals surface area contributed by atoms with Gasteiger partial charge in [-0.1, -0.05) is 41.9 Å². The molecule has 6 heteroatoms. The van der Waals surface area contributed by atoms with Crippen LogP contribution in [0.2, 0.25) is 5.15 Å². The number of halogens is 2. The van der Waals surface area contributed by atoms with Gasteiger partial charge in [0.1, 0.15) is 0 Å². The fourth-order valence-corrected chi connectivity index (χ4v) is 1.89. The Morgan fingerprint density at radius 1 is 1.28 bits per heavy atom. The maximum absolute atomic E-state index is 13.4. The summed E-state index contributed by atoms with van der Waals surface area (Å²) in [5, 5.41) is -0.568. The van der Waals surface area contributed by atoms with E-state index in [2.05, 4.69) is 4.98 Å². The van der Waals surface area contributed by atoms with Crippen molar-refractivity contribution < 1.29 is 4.39 Å². The molecule has 0 aliphatic carbocycles. The zero-order valence-corrected chi connectivity index (χ0v) is 10.2. The summed E-state index contributed by atoms with van der Waals surface area (Å²) in [5.74, 6) is -1.15. The van der Waals surface area contributed by atoms with E-state index in [1.165, 1.54) is 0 Å². The maximum atomic E-state index is 13.4.